The van der Waals surface area contributed by atoms with Crippen LogP contribution in [0.5, 0.6) is 0 Å². The van der Waals surface area contributed by atoms with E-state index >= 15 is 0 Å². The maximum atomic E-state index is 11.3. The van der Waals surface area contributed by atoms with Crippen molar-refractivity contribution in [3.8, 4) is 0 Å². The number of benzene rings is 1. The van der Waals surface area contributed by atoms with E-state index in [-0.39, 0.29) is 5.97 Å². The van der Waals surface area contributed by atoms with Crippen molar-refractivity contribution in [2.45, 2.75) is 6.54 Å². The molecule has 4 nitrogen and oxygen atoms in total. The fraction of sp³-hybridized carbons (Fsp3) is 0.200. The zero-order valence-electron chi connectivity index (χ0n) is 11.4. The first kappa shape index (κ1) is 14.4. The molecule has 20 heavy (non-hydrogen) atoms. The SMILES string of the molecule is COC(=O)c1ccc(CN(SC)c2ccccc2)nc1. The monoisotopic (exact) mass is 288 g/mol. The summed E-state index contributed by atoms with van der Waals surface area (Å²) in [5.41, 5.74) is 2.49. The van der Waals surface area contributed by atoms with Crippen molar-refractivity contribution < 1.29 is 9.53 Å². The molecule has 0 atom stereocenters. The molecule has 0 fully saturated rings. The molecule has 5 heteroatoms. The van der Waals surface area contributed by atoms with Crippen molar-refractivity contribution in [1.82, 2.24) is 4.98 Å². The second-order valence-electron chi connectivity index (χ2n) is 4.08. The minimum absolute atomic E-state index is 0.367. The van der Waals surface area contributed by atoms with Crippen molar-refractivity contribution in [3.63, 3.8) is 0 Å². The molecule has 2 aromatic rings. The van der Waals surface area contributed by atoms with E-state index < -0.39 is 0 Å². The van der Waals surface area contributed by atoms with Gasteiger partial charge in [-0.15, -0.1) is 0 Å². The Morgan fingerprint density at radius 3 is 2.55 bits per heavy atom. The summed E-state index contributed by atoms with van der Waals surface area (Å²) in [6.45, 7) is 0.673. The third-order valence-electron chi connectivity index (χ3n) is 2.82. The van der Waals surface area contributed by atoms with Crippen LogP contribution in [0.1, 0.15) is 16.1 Å². The number of aromatic nitrogens is 1. The Morgan fingerprint density at radius 1 is 1.25 bits per heavy atom. The number of pyridine rings is 1. The summed E-state index contributed by atoms with van der Waals surface area (Å²) in [5.74, 6) is -0.367. The van der Waals surface area contributed by atoms with Crippen molar-refractivity contribution in [2.75, 3.05) is 17.7 Å². The van der Waals surface area contributed by atoms with Crippen molar-refractivity contribution in [3.05, 3.63) is 59.9 Å². The van der Waals surface area contributed by atoms with Gasteiger partial charge in [0.15, 0.2) is 0 Å². The van der Waals surface area contributed by atoms with Gasteiger partial charge >= 0.3 is 5.97 Å². The molecule has 0 amide bonds. The quantitative estimate of drug-likeness (QED) is 0.624. The number of hydrogen-bond donors (Lipinski definition) is 0. The highest BCUT2D eigenvalue weighted by Gasteiger charge is 2.09. The molecule has 0 radical (unpaired) electrons. The molecule has 0 saturated carbocycles. The first-order valence-electron chi connectivity index (χ1n) is 6.14. The van der Waals surface area contributed by atoms with Crippen LogP contribution < -0.4 is 4.31 Å². The van der Waals surface area contributed by atoms with Gasteiger partial charge in [0.05, 0.1) is 24.9 Å². The Balaban J connectivity index is 2.10. The Hall–Kier alpha value is -2.01. The lowest BCUT2D eigenvalue weighted by Crippen LogP contribution is -2.14. The van der Waals surface area contributed by atoms with Gasteiger partial charge in [-0.05, 0) is 24.3 Å². The van der Waals surface area contributed by atoms with Crippen LogP contribution in [-0.2, 0) is 11.3 Å². The predicted molar refractivity (Wildman–Crippen MR) is 81.7 cm³/mol. The average Bonchev–Trinajstić information content (AvgIpc) is 2.53. The Morgan fingerprint density at radius 2 is 2.00 bits per heavy atom. The molecule has 2 rings (SSSR count). The summed E-state index contributed by atoms with van der Waals surface area (Å²) in [6.07, 6.45) is 3.57. The van der Waals surface area contributed by atoms with E-state index in [1.165, 1.54) is 7.11 Å². The van der Waals surface area contributed by atoms with E-state index in [0.29, 0.717) is 12.1 Å². The van der Waals surface area contributed by atoms with Gasteiger partial charge in [0.25, 0.3) is 0 Å². The second kappa shape index (κ2) is 6.96. The average molecular weight is 288 g/mol. The number of carbonyl (C=O) groups excluding carboxylic acids is 1. The Kier molecular flexibility index (Phi) is 5.01. The minimum Gasteiger partial charge on any atom is -0.465 e. The molecular formula is C15H16N2O2S. The third-order valence-corrected chi connectivity index (χ3v) is 3.60. The normalized spacial score (nSPS) is 10.1. The topological polar surface area (TPSA) is 42.4 Å². The number of anilines is 1. The smallest absolute Gasteiger partial charge is 0.339 e. The van der Waals surface area contributed by atoms with E-state index in [1.54, 1.807) is 24.2 Å². The molecule has 0 aliphatic rings. The summed E-state index contributed by atoms with van der Waals surface area (Å²) in [5, 5.41) is 0. The van der Waals surface area contributed by atoms with E-state index in [2.05, 4.69) is 26.2 Å². The summed E-state index contributed by atoms with van der Waals surface area (Å²) in [6, 6.07) is 13.7. The molecule has 0 N–H and O–H groups in total. The molecule has 0 bridgehead atoms. The molecule has 104 valence electrons. The fourth-order valence-electron chi connectivity index (χ4n) is 1.76. The van der Waals surface area contributed by atoms with Crippen LogP contribution in [0.25, 0.3) is 0 Å². The molecule has 0 unspecified atom stereocenters. The van der Waals surface area contributed by atoms with Gasteiger partial charge in [0.1, 0.15) is 0 Å². The van der Waals surface area contributed by atoms with Crippen LogP contribution in [0.4, 0.5) is 5.69 Å². The number of esters is 1. The number of rotatable bonds is 5. The van der Waals surface area contributed by atoms with E-state index in [1.807, 2.05) is 30.5 Å². The molecule has 1 aromatic heterocycles. The highest BCUT2D eigenvalue weighted by atomic mass is 32.2. The highest BCUT2D eigenvalue weighted by Crippen LogP contribution is 2.22. The van der Waals surface area contributed by atoms with Gasteiger partial charge in [-0.1, -0.05) is 30.1 Å². The van der Waals surface area contributed by atoms with Crippen molar-refractivity contribution >= 4 is 23.6 Å². The largest absolute Gasteiger partial charge is 0.465 e. The lowest BCUT2D eigenvalue weighted by molar-refractivity contribution is 0.0600. The van der Waals surface area contributed by atoms with Crippen LogP contribution in [0.15, 0.2) is 48.7 Å². The molecule has 0 aliphatic carbocycles. The summed E-state index contributed by atoms with van der Waals surface area (Å²) in [4.78, 5) is 15.7. The van der Waals surface area contributed by atoms with Crippen LogP contribution in [0.2, 0.25) is 0 Å². The molecule has 1 aromatic carbocycles. The van der Waals surface area contributed by atoms with Gasteiger partial charge < -0.3 is 9.04 Å². The molecule has 1 heterocycles. The predicted octanol–water partition coefficient (Wildman–Crippen LogP) is 3.15. The summed E-state index contributed by atoms with van der Waals surface area (Å²) in [7, 11) is 1.36. The maximum Gasteiger partial charge on any atom is 0.339 e. The van der Waals surface area contributed by atoms with E-state index in [4.69, 9.17) is 0 Å². The Bertz CT molecular complexity index is 558. The van der Waals surface area contributed by atoms with Crippen LogP contribution in [0.3, 0.4) is 0 Å². The number of hydrogen-bond acceptors (Lipinski definition) is 5. The summed E-state index contributed by atoms with van der Waals surface area (Å²) >= 11 is 1.63. The number of methoxy groups -OCH3 is 1. The highest BCUT2D eigenvalue weighted by molar-refractivity contribution is 7.99. The number of carbonyl (C=O) groups is 1. The second-order valence-corrected chi connectivity index (χ2v) is 4.89. The first-order valence-corrected chi connectivity index (χ1v) is 7.32. The van der Waals surface area contributed by atoms with Crippen LogP contribution in [0, 0.1) is 0 Å². The lowest BCUT2D eigenvalue weighted by Gasteiger charge is -2.21. The number of ether oxygens (including phenoxy) is 1. The van der Waals surface area contributed by atoms with Gasteiger partial charge in [0, 0.05) is 18.1 Å². The maximum absolute atomic E-state index is 11.3. The zero-order chi connectivity index (χ0) is 14.4. The van der Waals surface area contributed by atoms with Crippen molar-refractivity contribution in [1.29, 1.82) is 0 Å². The van der Waals surface area contributed by atoms with Crippen LogP contribution >= 0.6 is 11.9 Å². The van der Waals surface area contributed by atoms with Gasteiger partial charge in [0.2, 0.25) is 0 Å². The number of para-hydroxylation sites is 1. The fourth-order valence-corrected chi connectivity index (χ4v) is 2.35. The standard InChI is InChI=1S/C15H16N2O2S/c1-19-15(18)12-8-9-13(16-10-12)11-17(20-2)14-6-4-3-5-7-14/h3-10H,11H2,1-2H3. The number of nitrogens with zero attached hydrogens (tertiary/aromatic N) is 2. The molecule has 0 aliphatic heterocycles. The van der Waals surface area contributed by atoms with Gasteiger partial charge in [-0.25, -0.2) is 4.79 Å². The molecular weight excluding hydrogens is 272 g/mol. The minimum atomic E-state index is -0.367. The molecule has 0 spiro atoms. The third kappa shape index (κ3) is 3.51. The zero-order valence-corrected chi connectivity index (χ0v) is 12.3. The van der Waals surface area contributed by atoms with Gasteiger partial charge in [-0.2, -0.15) is 0 Å². The van der Waals surface area contributed by atoms with E-state index in [9.17, 15) is 4.79 Å². The van der Waals surface area contributed by atoms with Crippen LogP contribution in [-0.4, -0.2) is 24.3 Å². The molecule has 0 saturated heterocycles. The first-order chi connectivity index (χ1) is 9.74. The lowest BCUT2D eigenvalue weighted by atomic mass is 10.2. The van der Waals surface area contributed by atoms with Crippen molar-refractivity contribution in [2.24, 2.45) is 0 Å². The van der Waals surface area contributed by atoms with E-state index in [0.717, 1.165) is 11.4 Å². The van der Waals surface area contributed by atoms with Gasteiger partial charge in [-0.3, -0.25) is 4.98 Å². The summed E-state index contributed by atoms with van der Waals surface area (Å²) < 4.78 is 6.79. The Labute approximate surface area is 122 Å².